The van der Waals surface area contributed by atoms with E-state index >= 15 is 0 Å². The van der Waals surface area contributed by atoms with Gasteiger partial charge in [0.05, 0.1) is 11.0 Å². The average molecular weight is 593 g/mol. The summed E-state index contributed by atoms with van der Waals surface area (Å²) >= 11 is 0. The molecule has 8 rings (SSSR count). The van der Waals surface area contributed by atoms with Gasteiger partial charge in [0.1, 0.15) is 0 Å². The molecule has 222 valence electrons. The fraction of sp³-hybridized carbons (Fsp3) is 0.0909. The van der Waals surface area contributed by atoms with Crippen LogP contribution in [0.25, 0.3) is 49.4 Å². The average Bonchev–Trinajstić information content (AvgIpc) is 3.43. The highest BCUT2D eigenvalue weighted by atomic mass is 15.1. The molecule has 0 aliphatic rings. The SMILES string of the molecule is CC(C)(C)c1ccc(N(c2ccccc2)c2ccc(-c3cc(-n4c5ccccc5c5ccccc54)cc4ccccc34)cc2)cc1. The van der Waals surface area contributed by atoms with Gasteiger partial charge in [-0.25, -0.2) is 0 Å². The number of fused-ring (bicyclic) bond motifs is 4. The van der Waals surface area contributed by atoms with Crippen molar-refractivity contribution in [2.75, 3.05) is 4.90 Å². The van der Waals surface area contributed by atoms with Crippen molar-refractivity contribution in [2.45, 2.75) is 26.2 Å². The molecule has 46 heavy (non-hydrogen) atoms. The van der Waals surface area contributed by atoms with Gasteiger partial charge in [-0.15, -0.1) is 0 Å². The minimum atomic E-state index is 0.105. The Hall–Kier alpha value is -5.60. The van der Waals surface area contributed by atoms with E-state index in [1.165, 1.54) is 55.0 Å². The number of nitrogens with zero attached hydrogens (tertiary/aromatic N) is 2. The van der Waals surface area contributed by atoms with Crippen LogP contribution in [0, 0.1) is 0 Å². The molecule has 0 spiro atoms. The van der Waals surface area contributed by atoms with E-state index in [1.54, 1.807) is 0 Å². The number of hydrogen-bond donors (Lipinski definition) is 0. The normalized spacial score (nSPS) is 11.8. The summed E-state index contributed by atoms with van der Waals surface area (Å²) in [6, 6.07) is 59.5. The Morgan fingerprint density at radius 2 is 0.957 bits per heavy atom. The van der Waals surface area contributed by atoms with E-state index in [9.17, 15) is 0 Å². The summed E-state index contributed by atoms with van der Waals surface area (Å²) in [6.45, 7) is 6.78. The summed E-state index contributed by atoms with van der Waals surface area (Å²) < 4.78 is 2.41. The third kappa shape index (κ3) is 4.83. The number of aromatic nitrogens is 1. The molecule has 0 saturated carbocycles. The van der Waals surface area contributed by atoms with E-state index in [1.807, 2.05) is 0 Å². The van der Waals surface area contributed by atoms with Crippen molar-refractivity contribution in [3.05, 3.63) is 169 Å². The maximum atomic E-state index is 2.41. The van der Waals surface area contributed by atoms with Gasteiger partial charge in [0, 0.05) is 33.5 Å². The smallest absolute Gasteiger partial charge is 0.0541 e. The van der Waals surface area contributed by atoms with Crippen LogP contribution >= 0.6 is 0 Å². The molecule has 7 aromatic carbocycles. The predicted molar refractivity (Wildman–Crippen MR) is 197 cm³/mol. The Kier molecular flexibility index (Phi) is 6.73. The molecule has 0 saturated heterocycles. The molecule has 2 nitrogen and oxygen atoms in total. The van der Waals surface area contributed by atoms with Crippen LogP contribution in [0.15, 0.2) is 164 Å². The third-order valence-corrected chi connectivity index (χ3v) is 9.13. The predicted octanol–water partition coefficient (Wildman–Crippen LogP) is 12.4. The molecular weight excluding hydrogens is 556 g/mol. The zero-order valence-corrected chi connectivity index (χ0v) is 26.5. The Bertz CT molecular complexity index is 2270. The van der Waals surface area contributed by atoms with Gasteiger partial charge >= 0.3 is 0 Å². The molecule has 0 bridgehead atoms. The summed E-state index contributed by atoms with van der Waals surface area (Å²) in [4.78, 5) is 2.34. The molecule has 0 unspecified atom stereocenters. The lowest BCUT2D eigenvalue weighted by atomic mass is 9.87. The molecule has 8 aromatic rings. The Balaban J connectivity index is 1.27. The topological polar surface area (TPSA) is 8.17 Å². The van der Waals surface area contributed by atoms with Crippen LogP contribution < -0.4 is 4.90 Å². The highest BCUT2D eigenvalue weighted by Crippen LogP contribution is 2.39. The molecule has 0 aliphatic heterocycles. The summed E-state index contributed by atoms with van der Waals surface area (Å²) in [5.74, 6) is 0. The highest BCUT2D eigenvalue weighted by Gasteiger charge is 2.18. The molecule has 1 aromatic heterocycles. The first kappa shape index (κ1) is 27.9. The molecule has 2 heteroatoms. The lowest BCUT2D eigenvalue weighted by Crippen LogP contribution is -2.13. The molecule has 1 heterocycles. The van der Waals surface area contributed by atoms with Crippen LogP contribution in [0.5, 0.6) is 0 Å². The molecule has 0 fully saturated rings. The van der Waals surface area contributed by atoms with E-state index in [0.717, 1.165) is 17.1 Å². The largest absolute Gasteiger partial charge is 0.311 e. The van der Waals surface area contributed by atoms with Gasteiger partial charge in [-0.3, -0.25) is 0 Å². The van der Waals surface area contributed by atoms with Crippen LogP contribution in [-0.4, -0.2) is 4.57 Å². The van der Waals surface area contributed by atoms with Crippen molar-refractivity contribution in [2.24, 2.45) is 0 Å². The Labute approximate surface area is 270 Å². The molecule has 0 radical (unpaired) electrons. The molecule has 0 N–H and O–H groups in total. The quantitative estimate of drug-likeness (QED) is 0.193. The van der Waals surface area contributed by atoms with E-state index < -0.39 is 0 Å². The Morgan fingerprint density at radius 1 is 0.457 bits per heavy atom. The first-order valence-electron chi connectivity index (χ1n) is 16.0. The fourth-order valence-electron chi connectivity index (χ4n) is 6.79. The van der Waals surface area contributed by atoms with Crippen molar-refractivity contribution in [1.82, 2.24) is 4.57 Å². The van der Waals surface area contributed by atoms with Gasteiger partial charge in [0.25, 0.3) is 0 Å². The maximum Gasteiger partial charge on any atom is 0.0541 e. The molecule has 0 aliphatic carbocycles. The number of rotatable bonds is 5. The van der Waals surface area contributed by atoms with E-state index in [0.29, 0.717) is 0 Å². The molecule has 0 atom stereocenters. The van der Waals surface area contributed by atoms with Crippen LogP contribution in [-0.2, 0) is 5.41 Å². The fourth-order valence-corrected chi connectivity index (χ4v) is 6.79. The summed E-state index contributed by atoms with van der Waals surface area (Å²) in [5, 5.41) is 5.02. The monoisotopic (exact) mass is 592 g/mol. The number of hydrogen-bond acceptors (Lipinski definition) is 1. The first-order valence-corrected chi connectivity index (χ1v) is 16.0. The van der Waals surface area contributed by atoms with Crippen molar-refractivity contribution in [3.8, 4) is 16.8 Å². The first-order chi connectivity index (χ1) is 22.5. The van der Waals surface area contributed by atoms with Gasteiger partial charge < -0.3 is 9.47 Å². The second kappa shape index (κ2) is 11.1. The molecule has 0 amide bonds. The number of anilines is 3. The summed E-state index contributed by atoms with van der Waals surface area (Å²) in [5.41, 5.74) is 10.9. The van der Waals surface area contributed by atoms with Crippen LogP contribution in [0.4, 0.5) is 17.1 Å². The van der Waals surface area contributed by atoms with E-state index in [-0.39, 0.29) is 5.41 Å². The van der Waals surface area contributed by atoms with E-state index in [2.05, 4.69) is 194 Å². The lowest BCUT2D eigenvalue weighted by Gasteiger charge is -2.27. The number of benzene rings is 7. The third-order valence-electron chi connectivity index (χ3n) is 9.13. The summed E-state index contributed by atoms with van der Waals surface area (Å²) in [6.07, 6.45) is 0. The highest BCUT2D eigenvalue weighted by molar-refractivity contribution is 6.10. The van der Waals surface area contributed by atoms with Crippen molar-refractivity contribution >= 4 is 49.6 Å². The zero-order valence-electron chi connectivity index (χ0n) is 26.5. The van der Waals surface area contributed by atoms with Crippen LogP contribution in [0.2, 0.25) is 0 Å². The van der Waals surface area contributed by atoms with Crippen LogP contribution in [0.1, 0.15) is 26.3 Å². The van der Waals surface area contributed by atoms with Gasteiger partial charge in [0.2, 0.25) is 0 Å². The van der Waals surface area contributed by atoms with E-state index in [4.69, 9.17) is 0 Å². The standard InChI is InChI=1S/C44H36N2/c1-44(2,3)33-23-27-36(28-24-33)45(34-14-5-4-6-15-34)35-25-21-31(22-26-35)41-30-37(29-32-13-7-8-16-38(32)41)46-42-19-11-9-17-39(42)40-18-10-12-20-43(40)46/h4-30H,1-3H3. The van der Waals surface area contributed by atoms with Crippen molar-refractivity contribution in [3.63, 3.8) is 0 Å². The second-order valence-corrected chi connectivity index (χ2v) is 13.1. The second-order valence-electron chi connectivity index (χ2n) is 13.1. The minimum Gasteiger partial charge on any atom is -0.311 e. The summed E-state index contributed by atoms with van der Waals surface area (Å²) in [7, 11) is 0. The van der Waals surface area contributed by atoms with Crippen LogP contribution in [0.3, 0.4) is 0 Å². The van der Waals surface area contributed by atoms with Gasteiger partial charge in [0.15, 0.2) is 0 Å². The van der Waals surface area contributed by atoms with Crippen molar-refractivity contribution in [1.29, 1.82) is 0 Å². The molecular formula is C44H36N2. The lowest BCUT2D eigenvalue weighted by molar-refractivity contribution is 0.590. The van der Waals surface area contributed by atoms with Crippen molar-refractivity contribution < 1.29 is 0 Å². The Morgan fingerprint density at radius 3 is 1.57 bits per heavy atom. The van der Waals surface area contributed by atoms with Gasteiger partial charge in [-0.05, 0) is 93.5 Å². The van der Waals surface area contributed by atoms with Gasteiger partial charge in [-0.1, -0.05) is 124 Å². The number of para-hydroxylation sites is 3. The maximum absolute atomic E-state index is 2.41. The minimum absolute atomic E-state index is 0.105. The zero-order chi connectivity index (χ0) is 31.3. The van der Waals surface area contributed by atoms with Gasteiger partial charge in [-0.2, -0.15) is 0 Å².